The molecular formula is C27H30FN3O4. The van der Waals surface area contributed by atoms with Gasteiger partial charge in [0.2, 0.25) is 0 Å². The highest BCUT2D eigenvalue weighted by molar-refractivity contribution is 5.78. The Morgan fingerprint density at radius 1 is 1.09 bits per heavy atom. The molecule has 1 atom stereocenters. The van der Waals surface area contributed by atoms with Gasteiger partial charge in [-0.2, -0.15) is 0 Å². The summed E-state index contributed by atoms with van der Waals surface area (Å²) in [5, 5.41) is 15.0. The Morgan fingerprint density at radius 2 is 1.89 bits per heavy atom. The Morgan fingerprint density at radius 3 is 2.66 bits per heavy atom. The highest BCUT2D eigenvalue weighted by Crippen LogP contribution is 2.46. The molecule has 1 aromatic carbocycles. The number of nitrogens with one attached hydrogen (secondary N) is 1. The molecule has 8 heteroatoms. The van der Waals surface area contributed by atoms with Gasteiger partial charge in [0.25, 0.3) is 0 Å². The van der Waals surface area contributed by atoms with E-state index in [0.717, 1.165) is 48.4 Å². The lowest BCUT2D eigenvalue weighted by Gasteiger charge is -2.55. The van der Waals surface area contributed by atoms with E-state index in [9.17, 15) is 9.50 Å². The largest absolute Gasteiger partial charge is 0.486 e. The van der Waals surface area contributed by atoms with Crippen LogP contribution in [0.3, 0.4) is 0 Å². The number of rotatable bonds is 6. The summed E-state index contributed by atoms with van der Waals surface area (Å²) >= 11 is 0. The van der Waals surface area contributed by atoms with Crippen molar-refractivity contribution in [2.24, 2.45) is 0 Å². The van der Waals surface area contributed by atoms with Gasteiger partial charge in [-0.15, -0.1) is 0 Å². The fourth-order valence-electron chi connectivity index (χ4n) is 5.63. The first-order chi connectivity index (χ1) is 17.0. The molecule has 1 aliphatic carbocycles. The second-order valence-corrected chi connectivity index (χ2v) is 10.1. The van der Waals surface area contributed by atoms with Crippen LogP contribution >= 0.6 is 0 Å². The Kier molecular flexibility index (Phi) is 5.62. The molecule has 1 saturated carbocycles. The lowest BCUT2D eigenvalue weighted by atomic mass is 9.68. The van der Waals surface area contributed by atoms with Gasteiger partial charge in [0, 0.05) is 29.8 Å². The van der Waals surface area contributed by atoms with Crippen LogP contribution in [0.4, 0.5) is 4.39 Å². The van der Waals surface area contributed by atoms with Gasteiger partial charge in [-0.1, -0.05) is 6.07 Å². The second kappa shape index (κ2) is 8.69. The second-order valence-electron chi connectivity index (χ2n) is 10.1. The van der Waals surface area contributed by atoms with E-state index in [4.69, 9.17) is 14.2 Å². The fourth-order valence-corrected chi connectivity index (χ4v) is 5.63. The number of fused-ring (bicyclic) bond motifs is 5. The SMILES string of the molecule is Cc1ccc2ncc(F)c(CC(O)C34CCC(NCc5ccc6c(c5)OCCO6)(CC3)CO4)c2n1. The van der Waals surface area contributed by atoms with Crippen molar-refractivity contribution in [1.29, 1.82) is 0 Å². The summed E-state index contributed by atoms with van der Waals surface area (Å²) in [6.07, 6.45) is 3.78. The summed E-state index contributed by atoms with van der Waals surface area (Å²) in [4.78, 5) is 8.66. The minimum atomic E-state index is -0.819. The van der Waals surface area contributed by atoms with Gasteiger partial charge in [0.05, 0.1) is 35.5 Å². The number of halogens is 1. The maximum Gasteiger partial charge on any atom is 0.161 e. The van der Waals surface area contributed by atoms with Crippen molar-refractivity contribution in [2.45, 2.75) is 62.8 Å². The van der Waals surface area contributed by atoms with E-state index in [2.05, 4.69) is 21.4 Å². The van der Waals surface area contributed by atoms with Crippen LogP contribution in [0.5, 0.6) is 11.5 Å². The number of aliphatic hydroxyl groups is 1. The number of aryl methyl sites for hydroxylation is 1. The average Bonchev–Trinajstić information content (AvgIpc) is 2.90. The van der Waals surface area contributed by atoms with E-state index in [0.29, 0.717) is 43.0 Å². The number of pyridine rings is 2. The summed E-state index contributed by atoms with van der Waals surface area (Å²) < 4.78 is 32.4. The summed E-state index contributed by atoms with van der Waals surface area (Å²) in [6, 6.07) is 9.74. The van der Waals surface area contributed by atoms with Crippen molar-refractivity contribution < 1.29 is 23.7 Å². The molecule has 4 aliphatic rings. The highest BCUT2D eigenvalue weighted by atomic mass is 19.1. The Labute approximate surface area is 203 Å². The minimum Gasteiger partial charge on any atom is -0.486 e. The predicted molar refractivity (Wildman–Crippen MR) is 128 cm³/mol. The van der Waals surface area contributed by atoms with Crippen molar-refractivity contribution in [2.75, 3.05) is 19.8 Å². The molecule has 5 heterocycles. The highest BCUT2D eigenvalue weighted by Gasteiger charge is 2.53. The Bertz CT molecular complexity index is 1240. The molecule has 35 heavy (non-hydrogen) atoms. The third-order valence-electron chi connectivity index (χ3n) is 7.87. The summed E-state index contributed by atoms with van der Waals surface area (Å²) in [5.74, 6) is 1.15. The molecule has 7 rings (SSSR count). The van der Waals surface area contributed by atoms with Crippen LogP contribution in [0.15, 0.2) is 36.5 Å². The van der Waals surface area contributed by atoms with E-state index >= 15 is 0 Å². The van der Waals surface area contributed by atoms with Crippen LogP contribution in [-0.2, 0) is 17.7 Å². The average molecular weight is 480 g/mol. The lowest BCUT2D eigenvalue weighted by molar-refractivity contribution is -0.208. The van der Waals surface area contributed by atoms with E-state index in [1.54, 1.807) is 0 Å². The van der Waals surface area contributed by atoms with Crippen molar-refractivity contribution in [3.8, 4) is 11.5 Å². The van der Waals surface area contributed by atoms with Gasteiger partial charge in [-0.05, 0) is 62.4 Å². The van der Waals surface area contributed by atoms with E-state index in [1.807, 2.05) is 31.2 Å². The van der Waals surface area contributed by atoms with Crippen molar-refractivity contribution in [3.63, 3.8) is 0 Å². The zero-order chi connectivity index (χ0) is 24.0. The third kappa shape index (κ3) is 4.13. The van der Waals surface area contributed by atoms with Gasteiger partial charge >= 0.3 is 0 Å². The molecule has 2 bridgehead atoms. The van der Waals surface area contributed by atoms with Gasteiger partial charge in [0.1, 0.15) is 19.0 Å². The monoisotopic (exact) mass is 479 g/mol. The van der Waals surface area contributed by atoms with Crippen molar-refractivity contribution in [3.05, 3.63) is 59.2 Å². The van der Waals surface area contributed by atoms with Crippen LogP contribution in [0.1, 0.15) is 42.5 Å². The van der Waals surface area contributed by atoms with E-state index in [-0.39, 0.29) is 12.0 Å². The standard InChI is InChI=1S/C27H30FN3O4/c1-17-2-4-21-25(31-17)19(20(28)15-29-21)13-24(32)27-8-6-26(7-9-27,16-35-27)30-14-18-3-5-22-23(12-18)34-11-10-33-22/h2-5,12,15,24,30,32H,6-11,13-14,16H2,1H3. The van der Waals surface area contributed by atoms with Gasteiger partial charge in [0.15, 0.2) is 11.5 Å². The van der Waals surface area contributed by atoms with Crippen LogP contribution in [0.2, 0.25) is 0 Å². The number of nitrogens with zero attached hydrogens (tertiary/aromatic N) is 2. The first kappa shape index (κ1) is 22.6. The van der Waals surface area contributed by atoms with Crippen LogP contribution < -0.4 is 14.8 Å². The van der Waals surface area contributed by atoms with Gasteiger partial charge in [-0.3, -0.25) is 9.97 Å². The summed E-state index contributed by atoms with van der Waals surface area (Å²) in [7, 11) is 0. The number of ether oxygens (including phenoxy) is 3. The molecule has 3 fully saturated rings. The third-order valence-corrected chi connectivity index (χ3v) is 7.87. The molecule has 2 saturated heterocycles. The number of aromatic nitrogens is 2. The lowest BCUT2D eigenvalue weighted by Crippen LogP contribution is -2.65. The molecule has 7 nitrogen and oxygen atoms in total. The first-order valence-corrected chi connectivity index (χ1v) is 12.3. The topological polar surface area (TPSA) is 85.7 Å². The fraction of sp³-hybridized carbons (Fsp3) is 0.481. The first-order valence-electron chi connectivity index (χ1n) is 12.3. The van der Waals surface area contributed by atoms with Gasteiger partial charge in [-0.25, -0.2) is 4.39 Å². The van der Waals surface area contributed by atoms with Crippen LogP contribution in [0, 0.1) is 12.7 Å². The van der Waals surface area contributed by atoms with Gasteiger partial charge < -0.3 is 24.6 Å². The number of benzene rings is 1. The summed E-state index contributed by atoms with van der Waals surface area (Å²) in [6.45, 7) is 4.24. The smallest absolute Gasteiger partial charge is 0.161 e. The Hall–Kier alpha value is -2.81. The summed E-state index contributed by atoms with van der Waals surface area (Å²) in [5.41, 5.74) is 2.69. The predicted octanol–water partition coefficient (Wildman–Crippen LogP) is 3.62. The molecule has 0 spiro atoms. The Balaban J connectivity index is 1.13. The molecule has 0 amide bonds. The quantitative estimate of drug-likeness (QED) is 0.559. The molecule has 2 N–H and O–H groups in total. The molecule has 3 aromatic rings. The number of hydrogen-bond donors (Lipinski definition) is 2. The molecule has 2 aromatic heterocycles. The maximum atomic E-state index is 14.8. The van der Waals surface area contributed by atoms with Crippen LogP contribution in [-0.4, -0.2) is 52.1 Å². The van der Waals surface area contributed by atoms with E-state index < -0.39 is 17.5 Å². The normalized spacial score (nSPS) is 26.1. The number of aliphatic hydroxyl groups excluding tert-OH is 1. The minimum absolute atomic E-state index is 0.123. The maximum absolute atomic E-state index is 14.8. The molecule has 3 aliphatic heterocycles. The molecule has 184 valence electrons. The zero-order valence-corrected chi connectivity index (χ0v) is 19.8. The zero-order valence-electron chi connectivity index (χ0n) is 19.8. The van der Waals surface area contributed by atoms with E-state index in [1.165, 1.54) is 6.20 Å². The molecule has 0 radical (unpaired) electrons. The van der Waals surface area contributed by atoms with Crippen molar-refractivity contribution >= 4 is 11.0 Å². The van der Waals surface area contributed by atoms with Crippen LogP contribution in [0.25, 0.3) is 11.0 Å². The molecule has 1 unspecified atom stereocenters. The molecular weight excluding hydrogens is 449 g/mol. The van der Waals surface area contributed by atoms with Crippen molar-refractivity contribution in [1.82, 2.24) is 15.3 Å². The number of hydrogen-bond acceptors (Lipinski definition) is 7.